The molecule has 0 saturated heterocycles. The molecule has 1 aromatic carbocycles. The molecule has 1 N–H and O–H groups in total. The van der Waals surface area contributed by atoms with Gasteiger partial charge in [-0.05, 0) is 25.1 Å². The first-order chi connectivity index (χ1) is 7.13. The zero-order valence-corrected chi connectivity index (χ0v) is 10.2. The van der Waals surface area contributed by atoms with Gasteiger partial charge in [-0.3, -0.25) is 4.79 Å². The molecule has 3 nitrogen and oxygen atoms in total. The van der Waals surface area contributed by atoms with Crippen molar-refractivity contribution in [3.63, 3.8) is 0 Å². The molecule has 0 aliphatic heterocycles. The second-order valence-corrected chi connectivity index (χ2v) is 4.12. The lowest BCUT2D eigenvalue weighted by Gasteiger charge is -2.22. The molecule has 0 unspecified atom stereocenters. The van der Waals surface area contributed by atoms with Gasteiger partial charge in [-0.2, -0.15) is 0 Å². The summed E-state index contributed by atoms with van der Waals surface area (Å²) in [7, 11) is 0. The van der Waals surface area contributed by atoms with Crippen LogP contribution in [0.15, 0.2) is 28.7 Å². The first kappa shape index (κ1) is 12.0. The lowest BCUT2D eigenvalue weighted by Crippen LogP contribution is -2.25. The average molecular weight is 272 g/mol. The lowest BCUT2D eigenvalue weighted by atomic mass is 10.2. The van der Waals surface area contributed by atoms with Crippen molar-refractivity contribution in [1.82, 2.24) is 0 Å². The van der Waals surface area contributed by atoms with Crippen LogP contribution in [-0.4, -0.2) is 24.2 Å². The third kappa shape index (κ3) is 3.91. The molecule has 0 aromatic heterocycles. The first-order valence-corrected chi connectivity index (χ1v) is 5.65. The van der Waals surface area contributed by atoms with E-state index in [1.54, 1.807) is 0 Å². The molecule has 0 heterocycles. The maximum Gasteiger partial charge on any atom is 0.305 e. The predicted octanol–water partition coefficient (Wildman–Crippen LogP) is 2.75. The van der Waals surface area contributed by atoms with Gasteiger partial charge in [0.15, 0.2) is 0 Å². The molecule has 0 saturated carbocycles. The van der Waals surface area contributed by atoms with Gasteiger partial charge in [-0.25, -0.2) is 0 Å². The number of hydrogen-bond acceptors (Lipinski definition) is 2. The summed E-state index contributed by atoms with van der Waals surface area (Å²) in [6, 6.07) is 7.87. The molecular formula is C11H14BrNO2. The Bertz CT molecular complexity index is 341. The van der Waals surface area contributed by atoms with Crippen LogP contribution >= 0.6 is 15.9 Å². The highest BCUT2D eigenvalue weighted by molar-refractivity contribution is 9.10. The van der Waals surface area contributed by atoms with Gasteiger partial charge in [-0.15, -0.1) is 0 Å². The zero-order valence-electron chi connectivity index (χ0n) is 8.61. The maximum absolute atomic E-state index is 10.5. The lowest BCUT2D eigenvalue weighted by molar-refractivity contribution is -0.136. The van der Waals surface area contributed by atoms with Gasteiger partial charge in [0, 0.05) is 23.2 Å². The third-order valence-corrected chi connectivity index (χ3v) is 2.64. The SMILES string of the molecule is CCN(CCC(=O)O)c1cccc(Br)c1. The molecule has 0 amide bonds. The predicted molar refractivity (Wildman–Crippen MR) is 64.3 cm³/mol. The van der Waals surface area contributed by atoms with E-state index in [0.717, 1.165) is 16.7 Å². The standard InChI is InChI=1S/C11H14BrNO2/c1-2-13(7-6-11(14)15)10-5-3-4-9(12)8-10/h3-5,8H,2,6-7H2,1H3,(H,14,15). The number of halogens is 1. The number of benzene rings is 1. The van der Waals surface area contributed by atoms with E-state index < -0.39 is 5.97 Å². The molecule has 0 atom stereocenters. The number of nitrogens with zero attached hydrogens (tertiary/aromatic N) is 1. The van der Waals surface area contributed by atoms with Gasteiger partial charge < -0.3 is 10.0 Å². The van der Waals surface area contributed by atoms with Crippen molar-refractivity contribution in [3.05, 3.63) is 28.7 Å². The van der Waals surface area contributed by atoms with Crippen molar-refractivity contribution in [1.29, 1.82) is 0 Å². The summed E-state index contributed by atoms with van der Waals surface area (Å²) in [4.78, 5) is 12.5. The smallest absolute Gasteiger partial charge is 0.305 e. The summed E-state index contributed by atoms with van der Waals surface area (Å²) >= 11 is 3.40. The van der Waals surface area contributed by atoms with Crippen LogP contribution in [0.1, 0.15) is 13.3 Å². The fourth-order valence-electron chi connectivity index (χ4n) is 1.37. The summed E-state index contributed by atoms with van der Waals surface area (Å²) in [5.74, 6) is -0.761. The molecule has 15 heavy (non-hydrogen) atoms. The zero-order chi connectivity index (χ0) is 11.3. The van der Waals surface area contributed by atoms with Crippen LogP contribution in [0.4, 0.5) is 5.69 Å². The van der Waals surface area contributed by atoms with E-state index in [4.69, 9.17) is 5.11 Å². The van der Waals surface area contributed by atoms with Crippen molar-refractivity contribution in [2.24, 2.45) is 0 Å². The largest absolute Gasteiger partial charge is 0.481 e. The Morgan fingerprint density at radius 3 is 2.80 bits per heavy atom. The fourth-order valence-corrected chi connectivity index (χ4v) is 1.76. The highest BCUT2D eigenvalue weighted by atomic mass is 79.9. The molecule has 1 rings (SSSR count). The molecule has 0 aliphatic rings. The number of carbonyl (C=O) groups is 1. The number of aliphatic carboxylic acids is 1. The minimum absolute atomic E-state index is 0.167. The number of rotatable bonds is 5. The van der Waals surface area contributed by atoms with Gasteiger partial charge in [0.1, 0.15) is 0 Å². The molecule has 0 aliphatic carbocycles. The first-order valence-electron chi connectivity index (χ1n) is 4.85. The Labute approximate surface area is 97.8 Å². The van der Waals surface area contributed by atoms with Crippen molar-refractivity contribution in [3.8, 4) is 0 Å². The van der Waals surface area contributed by atoms with E-state index in [-0.39, 0.29) is 6.42 Å². The molecule has 0 fully saturated rings. The summed E-state index contributed by atoms with van der Waals surface area (Å²) < 4.78 is 1.01. The van der Waals surface area contributed by atoms with E-state index in [1.165, 1.54) is 0 Å². The van der Waals surface area contributed by atoms with Crippen molar-refractivity contribution in [2.75, 3.05) is 18.0 Å². The molecule has 4 heteroatoms. The number of anilines is 1. The second-order valence-electron chi connectivity index (χ2n) is 3.20. The van der Waals surface area contributed by atoms with Gasteiger partial charge in [0.05, 0.1) is 6.42 Å². The van der Waals surface area contributed by atoms with Crippen LogP contribution < -0.4 is 4.90 Å². The van der Waals surface area contributed by atoms with Gasteiger partial charge in [0.2, 0.25) is 0 Å². The molecule has 1 aromatic rings. The Balaban J connectivity index is 2.69. The van der Waals surface area contributed by atoms with Crippen LogP contribution in [-0.2, 0) is 4.79 Å². The Morgan fingerprint density at radius 1 is 1.53 bits per heavy atom. The Morgan fingerprint density at radius 2 is 2.27 bits per heavy atom. The van der Waals surface area contributed by atoms with E-state index in [1.807, 2.05) is 36.1 Å². The van der Waals surface area contributed by atoms with E-state index in [2.05, 4.69) is 15.9 Å². The van der Waals surface area contributed by atoms with Crippen LogP contribution in [0.5, 0.6) is 0 Å². The van der Waals surface area contributed by atoms with E-state index in [9.17, 15) is 4.79 Å². The quantitative estimate of drug-likeness (QED) is 0.896. The molecular weight excluding hydrogens is 258 g/mol. The van der Waals surface area contributed by atoms with Gasteiger partial charge in [0.25, 0.3) is 0 Å². The average Bonchev–Trinajstić information content (AvgIpc) is 2.18. The summed E-state index contributed by atoms with van der Waals surface area (Å²) in [5.41, 5.74) is 1.05. The van der Waals surface area contributed by atoms with Crippen LogP contribution in [0.2, 0.25) is 0 Å². The number of carboxylic acids is 1. The minimum Gasteiger partial charge on any atom is -0.481 e. The third-order valence-electron chi connectivity index (χ3n) is 2.15. The number of hydrogen-bond donors (Lipinski definition) is 1. The van der Waals surface area contributed by atoms with Crippen molar-refractivity contribution >= 4 is 27.6 Å². The Hall–Kier alpha value is -1.03. The maximum atomic E-state index is 10.5. The molecule has 82 valence electrons. The van der Waals surface area contributed by atoms with Crippen LogP contribution in [0.25, 0.3) is 0 Å². The van der Waals surface area contributed by atoms with E-state index >= 15 is 0 Å². The van der Waals surface area contributed by atoms with Gasteiger partial charge >= 0.3 is 5.97 Å². The van der Waals surface area contributed by atoms with Gasteiger partial charge in [-0.1, -0.05) is 22.0 Å². The second kappa shape index (κ2) is 5.75. The molecule has 0 bridgehead atoms. The van der Waals surface area contributed by atoms with Crippen molar-refractivity contribution < 1.29 is 9.90 Å². The minimum atomic E-state index is -0.761. The highest BCUT2D eigenvalue weighted by Gasteiger charge is 2.06. The van der Waals surface area contributed by atoms with Crippen molar-refractivity contribution in [2.45, 2.75) is 13.3 Å². The number of carboxylic acid groups (broad SMARTS) is 1. The summed E-state index contributed by atoms with van der Waals surface area (Å²) in [5, 5.41) is 8.62. The summed E-state index contributed by atoms with van der Waals surface area (Å²) in [6.45, 7) is 3.37. The fraction of sp³-hybridized carbons (Fsp3) is 0.364. The monoisotopic (exact) mass is 271 g/mol. The molecule has 0 spiro atoms. The molecule has 0 radical (unpaired) electrons. The summed E-state index contributed by atoms with van der Waals surface area (Å²) in [6.07, 6.45) is 0.167. The van der Waals surface area contributed by atoms with Crippen LogP contribution in [0, 0.1) is 0 Å². The van der Waals surface area contributed by atoms with Crippen LogP contribution in [0.3, 0.4) is 0 Å². The van der Waals surface area contributed by atoms with E-state index in [0.29, 0.717) is 6.54 Å². The Kier molecular flexibility index (Phi) is 4.62. The highest BCUT2D eigenvalue weighted by Crippen LogP contribution is 2.19. The normalized spacial score (nSPS) is 10.0. The topological polar surface area (TPSA) is 40.5 Å².